The number of fused-ring (bicyclic) bond motifs is 1. The Bertz CT molecular complexity index is 1140. The first-order chi connectivity index (χ1) is 11.8. The second-order valence-electron chi connectivity index (χ2n) is 5.19. The number of aryl methyl sites for hydroxylation is 1. The van der Waals surface area contributed by atoms with Crippen LogP contribution in [0.15, 0.2) is 29.1 Å². The van der Waals surface area contributed by atoms with Crippen LogP contribution in [0.1, 0.15) is 17.3 Å². The maximum absolute atomic E-state index is 12.3. The first kappa shape index (κ1) is 17.6. The van der Waals surface area contributed by atoms with Crippen LogP contribution < -0.4 is 5.56 Å². The third kappa shape index (κ3) is 3.06. The van der Waals surface area contributed by atoms with Gasteiger partial charge in [-0.2, -0.15) is 0 Å². The number of nitrogens with one attached hydrogen (secondary N) is 1. The largest absolute Gasteiger partial charge is 0.478 e. The highest BCUT2D eigenvalue weighted by Crippen LogP contribution is 2.29. The van der Waals surface area contributed by atoms with Crippen LogP contribution in [-0.2, 0) is 6.54 Å². The Morgan fingerprint density at radius 3 is 2.64 bits per heavy atom. The van der Waals surface area contributed by atoms with E-state index in [9.17, 15) is 14.7 Å². The summed E-state index contributed by atoms with van der Waals surface area (Å²) in [5.74, 6) is -1.24. The molecule has 0 atom stereocenters. The average Bonchev–Trinajstić information content (AvgIpc) is 2.56. The van der Waals surface area contributed by atoms with Gasteiger partial charge in [0.05, 0.1) is 26.7 Å². The summed E-state index contributed by atoms with van der Waals surface area (Å²) in [6, 6.07) is 6.19. The van der Waals surface area contributed by atoms with Gasteiger partial charge in [0.15, 0.2) is 4.77 Å². The van der Waals surface area contributed by atoms with Crippen LogP contribution >= 0.6 is 35.4 Å². The lowest BCUT2D eigenvalue weighted by molar-refractivity contribution is 0.0699. The fraction of sp³-hybridized carbons (Fsp3) is 0.125. The Morgan fingerprint density at radius 2 is 2.04 bits per heavy atom. The number of H-pyrrole nitrogens is 1. The van der Waals surface area contributed by atoms with Crippen molar-refractivity contribution in [2.45, 2.75) is 13.5 Å². The lowest BCUT2D eigenvalue weighted by Crippen LogP contribution is -2.18. The molecule has 0 aliphatic heterocycles. The normalized spacial score (nSPS) is 11.0. The van der Waals surface area contributed by atoms with Gasteiger partial charge in [-0.1, -0.05) is 29.3 Å². The third-order valence-electron chi connectivity index (χ3n) is 3.71. The highest BCUT2D eigenvalue weighted by molar-refractivity contribution is 7.71. The molecule has 0 saturated heterocycles. The maximum Gasteiger partial charge on any atom is 0.336 e. The van der Waals surface area contributed by atoms with Gasteiger partial charge in [-0.25, -0.2) is 9.78 Å². The number of carboxylic acid groups (broad SMARTS) is 1. The highest BCUT2D eigenvalue weighted by Gasteiger charge is 2.18. The van der Waals surface area contributed by atoms with Crippen molar-refractivity contribution >= 4 is 52.4 Å². The fourth-order valence-corrected chi connectivity index (χ4v) is 3.15. The zero-order valence-corrected chi connectivity index (χ0v) is 15.2. The summed E-state index contributed by atoms with van der Waals surface area (Å²) in [6.45, 7) is 2.24. The number of nitrogens with zero attached hydrogens (tertiary/aromatic N) is 2. The van der Waals surface area contributed by atoms with Crippen LogP contribution in [-0.4, -0.2) is 25.6 Å². The minimum Gasteiger partial charge on any atom is -0.478 e. The third-order valence-corrected chi connectivity index (χ3v) is 4.77. The van der Waals surface area contributed by atoms with Crippen LogP contribution in [0.5, 0.6) is 0 Å². The summed E-state index contributed by atoms with van der Waals surface area (Å²) in [4.78, 5) is 30.9. The number of carboxylic acids is 1. The van der Waals surface area contributed by atoms with Gasteiger partial charge in [0.1, 0.15) is 5.65 Å². The van der Waals surface area contributed by atoms with E-state index in [1.807, 2.05) is 6.92 Å². The van der Waals surface area contributed by atoms with Crippen molar-refractivity contribution in [3.8, 4) is 11.3 Å². The maximum atomic E-state index is 12.3. The number of carbonyl (C=O) groups is 1. The SMILES string of the molecule is CCn1c(=S)[nH]c(=O)c2c(C(=O)O)cc(-c3ccc(Cl)c(Cl)c3)nc21. The number of hydrogen-bond donors (Lipinski definition) is 2. The lowest BCUT2D eigenvalue weighted by atomic mass is 10.1. The zero-order chi connectivity index (χ0) is 18.3. The second-order valence-corrected chi connectivity index (χ2v) is 6.39. The fourth-order valence-electron chi connectivity index (χ4n) is 2.54. The highest BCUT2D eigenvalue weighted by atomic mass is 35.5. The van der Waals surface area contributed by atoms with Crippen molar-refractivity contribution in [3.05, 3.63) is 55.0 Å². The molecule has 6 nitrogen and oxygen atoms in total. The summed E-state index contributed by atoms with van der Waals surface area (Å²) < 4.78 is 1.75. The van der Waals surface area contributed by atoms with Crippen LogP contribution in [0.4, 0.5) is 0 Å². The number of halogens is 2. The van der Waals surface area contributed by atoms with Crippen molar-refractivity contribution in [1.29, 1.82) is 0 Å². The monoisotopic (exact) mass is 395 g/mol. The van der Waals surface area contributed by atoms with Crippen molar-refractivity contribution in [2.24, 2.45) is 0 Å². The molecule has 2 aromatic heterocycles. The van der Waals surface area contributed by atoms with Crippen LogP contribution in [0.2, 0.25) is 10.0 Å². The van der Waals surface area contributed by atoms with E-state index in [-0.39, 0.29) is 21.4 Å². The lowest BCUT2D eigenvalue weighted by Gasteiger charge is -2.12. The molecule has 0 saturated carbocycles. The minimum absolute atomic E-state index is 0.0215. The van der Waals surface area contributed by atoms with Crippen LogP contribution in [0.3, 0.4) is 0 Å². The molecule has 0 unspecified atom stereocenters. The van der Waals surface area contributed by atoms with Gasteiger partial charge < -0.3 is 9.67 Å². The summed E-state index contributed by atoms with van der Waals surface area (Å²) >= 11 is 17.1. The Balaban J connectivity index is 2.47. The molecule has 0 fully saturated rings. The Kier molecular flexibility index (Phi) is 4.64. The summed E-state index contributed by atoms with van der Waals surface area (Å²) in [6.07, 6.45) is 0. The number of aromatic carboxylic acids is 1. The molecule has 25 heavy (non-hydrogen) atoms. The molecule has 3 rings (SSSR count). The molecule has 2 N–H and O–H groups in total. The van der Waals surface area contributed by atoms with E-state index in [0.717, 1.165) is 0 Å². The van der Waals surface area contributed by atoms with Gasteiger partial charge >= 0.3 is 5.97 Å². The van der Waals surface area contributed by atoms with Crippen LogP contribution in [0, 0.1) is 4.77 Å². The van der Waals surface area contributed by atoms with Gasteiger partial charge in [0.25, 0.3) is 5.56 Å². The van der Waals surface area contributed by atoms with Gasteiger partial charge in [0.2, 0.25) is 0 Å². The minimum atomic E-state index is -1.24. The van der Waals surface area contributed by atoms with Gasteiger partial charge in [-0.05, 0) is 37.3 Å². The topological polar surface area (TPSA) is 88.0 Å². The number of aromatic nitrogens is 3. The number of benzene rings is 1. The Labute approximate surface area is 156 Å². The van der Waals surface area contributed by atoms with E-state index in [1.165, 1.54) is 6.07 Å². The molecule has 2 heterocycles. The standard InChI is InChI=1S/C16H11Cl2N3O3S/c1-2-21-13-12(14(22)20-16(21)25)8(15(23)24)6-11(19-13)7-3-4-9(17)10(18)5-7/h3-6H,2H2,1H3,(H,23,24)(H,20,22,25). The first-order valence-electron chi connectivity index (χ1n) is 7.20. The predicted molar refractivity (Wildman–Crippen MR) is 99.3 cm³/mol. The van der Waals surface area contributed by atoms with Crippen molar-refractivity contribution in [3.63, 3.8) is 0 Å². The second kappa shape index (κ2) is 6.59. The number of hydrogen-bond acceptors (Lipinski definition) is 4. The van der Waals surface area contributed by atoms with Crippen molar-refractivity contribution < 1.29 is 9.90 Å². The van der Waals surface area contributed by atoms with Gasteiger partial charge in [0, 0.05) is 12.1 Å². The van der Waals surface area contributed by atoms with Crippen molar-refractivity contribution in [1.82, 2.24) is 14.5 Å². The molecule has 0 aliphatic carbocycles. The number of aromatic amines is 1. The molecule has 3 aromatic rings. The van der Waals surface area contributed by atoms with Crippen molar-refractivity contribution in [2.75, 3.05) is 0 Å². The summed E-state index contributed by atoms with van der Waals surface area (Å²) in [5, 5.41) is 10.2. The van der Waals surface area contributed by atoms with E-state index >= 15 is 0 Å². The molecular formula is C16H11Cl2N3O3S. The molecule has 0 spiro atoms. The Hall–Kier alpha value is -2.22. The van der Waals surface area contributed by atoms with E-state index in [1.54, 1.807) is 22.8 Å². The van der Waals surface area contributed by atoms with Crippen LogP contribution in [0.25, 0.3) is 22.3 Å². The first-order valence-corrected chi connectivity index (χ1v) is 8.36. The summed E-state index contributed by atoms with van der Waals surface area (Å²) in [7, 11) is 0. The zero-order valence-electron chi connectivity index (χ0n) is 12.8. The molecular weight excluding hydrogens is 385 g/mol. The molecule has 0 bridgehead atoms. The molecule has 9 heteroatoms. The number of rotatable bonds is 3. The van der Waals surface area contributed by atoms with E-state index < -0.39 is 11.5 Å². The summed E-state index contributed by atoms with van der Waals surface area (Å²) in [5.41, 5.74) is 0.385. The van der Waals surface area contributed by atoms with E-state index in [0.29, 0.717) is 27.8 Å². The molecule has 1 aromatic carbocycles. The smallest absolute Gasteiger partial charge is 0.336 e. The van der Waals surface area contributed by atoms with Gasteiger partial charge in [-0.3, -0.25) is 9.78 Å². The quantitative estimate of drug-likeness (QED) is 0.650. The molecule has 0 aliphatic rings. The van der Waals surface area contributed by atoms with Gasteiger partial charge in [-0.15, -0.1) is 0 Å². The molecule has 0 amide bonds. The predicted octanol–water partition coefficient (Wildman–Crippen LogP) is 4.15. The molecule has 0 radical (unpaired) electrons. The molecule has 128 valence electrons. The average molecular weight is 396 g/mol. The van der Waals surface area contributed by atoms with E-state index in [2.05, 4.69) is 9.97 Å². The number of pyridine rings is 1. The van der Waals surface area contributed by atoms with E-state index in [4.69, 9.17) is 35.4 Å². The Morgan fingerprint density at radius 1 is 1.32 bits per heavy atom.